The fourth-order valence-corrected chi connectivity index (χ4v) is 10.4. The molecule has 0 saturated heterocycles. The summed E-state index contributed by atoms with van der Waals surface area (Å²) in [6.07, 6.45) is 0. The summed E-state index contributed by atoms with van der Waals surface area (Å²) in [5.74, 6) is 0. The van der Waals surface area contributed by atoms with Gasteiger partial charge in [0.25, 0.3) is 0 Å². The fourth-order valence-electron chi connectivity index (χ4n) is 4.35. The van der Waals surface area contributed by atoms with Crippen LogP contribution in [0.2, 0.25) is 39.3 Å². The van der Waals surface area contributed by atoms with Crippen LogP contribution in [-0.4, -0.2) is 16.1 Å². The molecule has 0 N–H and O–H groups in total. The van der Waals surface area contributed by atoms with Crippen LogP contribution in [0.5, 0.6) is 0 Å². The SMILES string of the molecule is [2H]c1cccc2c3ccc([Si](C)(C)C)c4sc5c([Si](C)(C)C)cc([2H])c(c12)c5c43. The molecule has 0 saturated carbocycles. The minimum atomic E-state index is -1.62. The second kappa shape index (κ2) is 5.43. The molecule has 0 spiro atoms. The topological polar surface area (TPSA) is 0 Å². The van der Waals surface area contributed by atoms with E-state index in [9.17, 15) is 0 Å². The molecule has 0 radical (unpaired) electrons. The van der Waals surface area contributed by atoms with E-state index >= 15 is 0 Å². The fraction of sp³-hybridized carbons (Fsp3) is 0.250. The predicted octanol–water partition coefficient (Wildman–Crippen LogP) is 6.89. The Bertz CT molecular complexity index is 1440. The highest BCUT2D eigenvalue weighted by molar-refractivity contribution is 7.29. The third-order valence-corrected chi connectivity index (χ3v) is 11.4. The number of thiophene rings is 1. The smallest absolute Gasteiger partial charge is 0.0794 e. The van der Waals surface area contributed by atoms with Gasteiger partial charge in [-0.2, -0.15) is 0 Å². The van der Waals surface area contributed by atoms with Gasteiger partial charge in [-0.25, -0.2) is 0 Å². The average Bonchev–Trinajstić information content (AvgIpc) is 2.99. The molecule has 0 atom stereocenters. The van der Waals surface area contributed by atoms with Crippen molar-refractivity contribution in [2.45, 2.75) is 39.3 Å². The first-order valence-electron chi connectivity index (χ1n) is 10.6. The lowest BCUT2D eigenvalue weighted by Crippen LogP contribution is -2.37. The van der Waals surface area contributed by atoms with Crippen LogP contribution in [0.15, 0.2) is 48.5 Å². The second-order valence-electron chi connectivity index (χ2n) is 9.71. The molecule has 0 unspecified atom stereocenters. The summed E-state index contributed by atoms with van der Waals surface area (Å²) in [5.41, 5.74) is 0. The van der Waals surface area contributed by atoms with Gasteiger partial charge in [-0.1, -0.05) is 87.8 Å². The number of benzene rings is 4. The van der Waals surface area contributed by atoms with Crippen molar-refractivity contribution in [3.63, 3.8) is 0 Å². The van der Waals surface area contributed by atoms with E-state index in [0.29, 0.717) is 12.1 Å². The zero-order valence-corrected chi connectivity index (χ0v) is 19.7. The molecule has 4 aromatic carbocycles. The molecule has 1 heterocycles. The number of hydrogen-bond donors (Lipinski definition) is 0. The van der Waals surface area contributed by atoms with E-state index in [1.807, 2.05) is 23.5 Å². The molecule has 1 aromatic heterocycles. The Hall–Kier alpha value is -1.69. The summed E-state index contributed by atoms with van der Waals surface area (Å²) in [7, 11) is -3.14. The zero-order valence-electron chi connectivity index (χ0n) is 18.9. The summed E-state index contributed by atoms with van der Waals surface area (Å²) in [4.78, 5) is 0. The van der Waals surface area contributed by atoms with E-state index in [1.54, 1.807) is 0 Å². The Kier molecular flexibility index (Phi) is 3.07. The molecule has 0 aliphatic heterocycles. The van der Waals surface area contributed by atoms with Crippen molar-refractivity contribution in [3.8, 4) is 0 Å². The van der Waals surface area contributed by atoms with Gasteiger partial charge in [-0.05, 0) is 31.9 Å². The maximum atomic E-state index is 8.97. The van der Waals surface area contributed by atoms with E-state index in [1.165, 1.54) is 35.9 Å². The van der Waals surface area contributed by atoms with Gasteiger partial charge in [0.2, 0.25) is 0 Å². The van der Waals surface area contributed by atoms with Crippen LogP contribution >= 0.6 is 11.3 Å². The summed E-state index contributed by atoms with van der Waals surface area (Å²) in [6.45, 7) is 14.4. The molecule has 5 aromatic rings. The van der Waals surface area contributed by atoms with Crippen molar-refractivity contribution in [2.24, 2.45) is 0 Å². The van der Waals surface area contributed by atoms with Crippen molar-refractivity contribution in [1.29, 1.82) is 0 Å². The standard InChI is InChI=1S/C24H26SSi2/c1-26(2,3)19-13-11-17-15-9-7-8-10-16(15)18-12-14-20(27(4,5)6)24-22(18)21(17)23(19)25-24/h7-14H,1-6H3/i9D,11D. The van der Waals surface area contributed by atoms with Crippen LogP contribution in [-0.2, 0) is 0 Å². The van der Waals surface area contributed by atoms with Crippen molar-refractivity contribution < 1.29 is 2.74 Å². The first-order chi connectivity index (χ1) is 13.5. The maximum absolute atomic E-state index is 8.97. The molecule has 3 heteroatoms. The van der Waals surface area contributed by atoms with Crippen molar-refractivity contribution in [2.75, 3.05) is 0 Å². The van der Waals surface area contributed by atoms with Gasteiger partial charge in [0.15, 0.2) is 0 Å². The third-order valence-electron chi connectivity index (χ3n) is 5.71. The lowest BCUT2D eigenvalue weighted by Gasteiger charge is -2.19. The van der Waals surface area contributed by atoms with Gasteiger partial charge in [0.05, 0.1) is 18.9 Å². The summed E-state index contributed by atoms with van der Waals surface area (Å²) in [6, 6.07) is 13.8. The number of fused-ring (bicyclic) bond motifs is 3. The molecule has 0 bridgehead atoms. The molecule has 0 fully saturated rings. The van der Waals surface area contributed by atoms with E-state index < -0.39 is 16.1 Å². The molecular weight excluding hydrogens is 377 g/mol. The van der Waals surface area contributed by atoms with E-state index in [-0.39, 0.29) is 0 Å². The van der Waals surface area contributed by atoms with Crippen molar-refractivity contribution in [3.05, 3.63) is 48.5 Å². The van der Waals surface area contributed by atoms with Gasteiger partial charge in [0.1, 0.15) is 0 Å². The molecule has 136 valence electrons. The zero-order chi connectivity index (χ0) is 20.9. The summed E-state index contributed by atoms with van der Waals surface area (Å²) in [5, 5.41) is 9.78. The Balaban J connectivity index is 2.20. The molecular formula is C24H26SSi2. The van der Waals surface area contributed by atoms with Crippen molar-refractivity contribution in [1.82, 2.24) is 0 Å². The van der Waals surface area contributed by atoms with Crippen LogP contribution < -0.4 is 10.4 Å². The lowest BCUT2D eigenvalue weighted by atomic mass is 9.94. The predicted molar refractivity (Wildman–Crippen MR) is 131 cm³/mol. The highest BCUT2D eigenvalue weighted by atomic mass is 32.1. The molecule has 0 nitrogen and oxygen atoms in total. The summed E-state index contributed by atoms with van der Waals surface area (Å²) >= 11 is 1.95. The number of rotatable bonds is 2. The summed E-state index contributed by atoms with van der Waals surface area (Å²) < 4.78 is 20.4. The maximum Gasteiger partial charge on any atom is 0.0794 e. The molecule has 0 aliphatic carbocycles. The normalized spacial score (nSPS) is 14.6. The van der Waals surface area contributed by atoms with Crippen LogP contribution in [0.4, 0.5) is 0 Å². The first kappa shape index (κ1) is 15.3. The quantitative estimate of drug-likeness (QED) is 0.222. The minimum absolute atomic E-state index is 0.525. The molecule has 0 aliphatic rings. The Morgan fingerprint density at radius 2 is 1.26 bits per heavy atom. The van der Waals surface area contributed by atoms with E-state index in [0.717, 1.165) is 16.2 Å². The largest absolute Gasteiger partial charge is 0.135 e. The Morgan fingerprint density at radius 1 is 0.630 bits per heavy atom. The van der Waals surface area contributed by atoms with Crippen LogP contribution in [0.25, 0.3) is 41.7 Å². The van der Waals surface area contributed by atoms with Gasteiger partial charge in [-0.15, -0.1) is 11.3 Å². The third kappa shape index (κ3) is 2.38. The van der Waals surface area contributed by atoms with Gasteiger partial charge in [0, 0.05) is 20.2 Å². The monoisotopic (exact) mass is 404 g/mol. The van der Waals surface area contributed by atoms with Gasteiger partial charge in [-0.3, -0.25) is 0 Å². The molecule has 27 heavy (non-hydrogen) atoms. The lowest BCUT2D eigenvalue weighted by molar-refractivity contribution is 1.75. The Morgan fingerprint density at radius 3 is 1.93 bits per heavy atom. The van der Waals surface area contributed by atoms with Crippen LogP contribution in [0.1, 0.15) is 2.74 Å². The van der Waals surface area contributed by atoms with E-state index in [4.69, 9.17) is 2.74 Å². The second-order valence-corrected chi connectivity index (χ2v) is 20.8. The van der Waals surface area contributed by atoms with Gasteiger partial charge >= 0.3 is 0 Å². The highest BCUT2D eigenvalue weighted by Gasteiger charge is 2.27. The van der Waals surface area contributed by atoms with Crippen LogP contribution in [0, 0.1) is 0 Å². The number of hydrogen-bond acceptors (Lipinski definition) is 1. The van der Waals surface area contributed by atoms with Crippen LogP contribution in [0.3, 0.4) is 0 Å². The molecule has 5 rings (SSSR count). The average molecular weight is 405 g/mol. The molecule has 0 amide bonds. The van der Waals surface area contributed by atoms with Crippen molar-refractivity contribution >= 4 is 79.6 Å². The van der Waals surface area contributed by atoms with E-state index in [2.05, 4.69) is 63.5 Å². The first-order valence-corrected chi connectivity index (χ1v) is 17.5. The minimum Gasteiger partial charge on any atom is -0.135 e. The van der Waals surface area contributed by atoms with Gasteiger partial charge < -0.3 is 0 Å². The Labute approximate surface area is 170 Å². The highest BCUT2D eigenvalue weighted by Crippen LogP contribution is 2.44.